The van der Waals surface area contributed by atoms with Gasteiger partial charge in [-0.3, -0.25) is 0 Å². The van der Waals surface area contributed by atoms with Gasteiger partial charge in [-0.25, -0.2) is 8.78 Å². The second-order valence-electron chi connectivity index (χ2n) is 3.05. The zero-order valence-electron chi connectivity index (χ0n) is 7.28. The fourth-order valence-electron chi connectivity index (χ4n) is 1.18. The lowest BCUT2D eigenvalue weighted by Crippen LogP contribution is -2.39. The minimum atomic E-state index is -5.38. The van der Waals surface area contributed by atoms with Gasteiger partial charge in [0.1, 0.15) is 0 Å². The summed E-state index contributed by atoms with van der Waals surface area (Å²) in [5.41, 5.74) is -2.19. The Morgan fingerprint density at radius 2 is 1.57 bits per heavy atom. The van der Waals surface area contributed by atoms with Crippen molar-refractivity contribution in [1.82, 2.24) is 0 Å². The molecule has 0 fully saturated rings. The fraction of sp³-hybridized carbons (Fsp3) is 0.250. The van der Waals surface area contributed by atoms with E-state index in [1.54, 1.807) is 0 Å². The monoisotopic (exact) mass is 209 g/mol. The van der Waals surface area contributed by atoms with Crippen molar-refractivity contribution in [3.05, 3.63) is 29.8 Å². The summed E-state index contributed by atoms with van der Waals surface area (Å²) >= 11 is 0. The summed E-state index contributed by atoms with van der Waals surface area (Å²) in [6, 6.07) is 3.73. The molecule has 0 N–H and O–H groups in total. The van der Waals surface area contributed by atoms with Gasteiger partial charge in [0, 0.05) is 6.92 Å². The third-order valence-electron chi connectivity index (χ3n) is 1.79. The van der Waals surface area contributed by atoms with Gasteiger partial charge in [0.15, 0.2) is 0 Å². The van der Waals surface area contributed by atoms with Crippen LogP contribution in [-0.4, -0.2) is 6.98 Å². The second kappa shape index (κ2) is 3.26. The zero-order chi connectivity index (χ0) is 11.0. The van der Waals surface area contributed by atoms with Crippen molar-refractivity contribution in [2.24, 2.45) is 0 Å². The normalized spacial score (nSPS) is 13.0. The molecule has 0 amide bonds. The molecule has 0 bridgehead atoms. The molecular formula is C8H7BF5-. The Balaban J connectivity index is 3.31. The lowest BCUT2D eigenvalue weighted by Gasteiger charge is -2.22. The van der Waals surface area contributed by atoms with Gasteiger partial charge in [-0.15, -0.1) is 0 Å². The lowest BCUT2D eigenvalue weighted by atomic mass is 9.75. The zero-order valence-corrected chi connectivity index (χ0v) is 7.28. The van der Waals surface area contributed by atoms with Crippen LogP contribution in [0.3, 0.4) is 0 Å². The summed E-state index contributed by atoms with van der Waals surface area (Å²) in [4.78, 5) is 0. The van der Waals surface area contributed by atoms with Crippen molar-refractivity contribution in [2.45, 2.75) is 12.8 Å². The summed E-state index contributed by atoms with van der Waals surface area (Å²) < 4.78 is 62.4. The fourth-order valence-corrected chi connectivity index (χ4v) is 1.18. The van der Waals surface area contributed by atoms with E-state index in [-0.39, 0.29) is 0 Å². The minimum Gasteiger partial charge on any atom is -0.445 e. The average molecular weight is 209 g/mol. The number of hydrogen-bond donors (Lipinski definition) is 0. The van der Waals surface area contributed by atoms with Crippen LogP contribution in [0.4, 0.5) is 21.7 Å². The summed E-state index contributed by atoms with van der Waals surface area (Å²) in [7, 11) is 0. The molecule has 0 saturated heterocycles. The van der Waals surface area contributed by atoms with Crippen molar-refractivity contribution in [1.29, 1.82) is 0 Å². The molecular weight excluding hydrogens is 202 g/mol. The average Bonchev–Trinajstić information content (AvgIpc) is 2.01. The molecule has 0 aliphatic rings. The van der Waals surface area contributed by atoms with Crippen molar-refractivity contribution in [2.75, 3.05) is 0 Å². The highest BCUT2D eigenvalue weighted by Gasteiger charge is 2.35. The van der Waals surface area contributed by atoms with Crippen LogP contribution in [0.5, 0.6) is 0 Å². The molecule has 0 aliphatic heterocycles. The predicted octanol–water partition coefficient (Wildman–Crippen LogP) is 2.85. The van der Waals surface area contributed by atoms with Crippen LogP contribution in [0.15, 0.2) is 24.3 Å². The van der Waals surface area contributed by atoms with E-state index in [0.717, 1.165) is 18.2 Å². The molecule has 6 heteroatoms. The van der Waals surface area contributed by atoms with Gasteiger partial charge >= 0.3 is 6.98 Å². The Hall–Kier alpha value is -1.07. The molecule has 0 heterocycles. The molecule has 0 unspecified atom stereocenters. The summed E-state index contributed by atoms with van der Waals surface area (Å²) in [6.45, 7) is -4.93. The van der Waals surface area contributed by atoms with E-state index in [9.17, 15) is 21.7 Å². The standard InChI is InChI=1S/C8H7BF5/c1-8(10,11)6-4-2-3-5-7(6)9(12,13)14/h2-5H,1H3/q-1. The Kier molecular flexibility index (Phi) is 2.56. The highest BCUT2D eigenvalue weighted by molar-refractivity contribution is 6.74. The number of hydrogen-bond acceptors (Lipinski definition) is 0. The first-order valence-corrected chi connectivity index (χ1v) is 3.90. The third-order valence-corrected chi connectivity index (χ3v) is 1.79. The smallest absolute Gasteiger partial charge is 0.445 e. The van der Waals surface area contributed by atoms with E-state index < -0.39 is 23.9 Å². The SMILES string of the molecule is CC(F)(F)c1ccccc1[B-](F)(F)F. The van der Waals surface area contributed by atoms with Gasteiger partial charge in [0.25, 0.3) is 5.92 Å². The van der Waals surface area contributed by atoms with Crippen LogP contribution >= 0.6 is 0 Å². The Labute approximate surface area is 77.8 Å². The van der Waals surface area contributed by atoms with Gasteiger partial charge < -0.3 is 12.9 Å². The van der Waals surface area contributed by atoms with Crippen molar-refractivity contribution >= 4 is 12.4 Å². The topological polar surface area (TPSA) is 0 Å². The van der Waals surface area contributed by atoms with Crippen LogP contribution in [0.1, 0.15) is 12.5 Å². The van der Waals surface area contributed by atoms with Crippen LogP contribution < -0.4 is 5.46 Å². The highest BCUT2D eigenvalue weighted by atomic mass is 19.4. The van der Waals surface area contributed by atoms with Crippen molar-refractivity contribution < 1.29 is 21.7 Å². The van der Waals surface area contributed by atoms with Crippen molar-refractivity contribution in [3.63, 3.8) is 0 Å². The first-order valence-electron chi connectivity index (χ1n) is 3.90. The van der Waals surface area contributed by atoms with E-state index in [0.29, 0.717) is 13.0 Å². The maximum Gasteiger partial charge on any atom is 0.510 e. The lowest BCUT2D eigenvalue weighted by molar-refractivity contribution is 0.0182. The van der Waals surface area contributed by atoms with Gasteiger partial charge in [-0.05, 0) is 5.56 Å². The molecule has 0 spiro atoms. The van der Waals surface area contributed by atoms with E-state index in [1.807, 2.05) is 0 Å². The molecule has 78 valence electrons. The maximum absolute atomic E-state index is 12.8. The van der Waals surface area contributed by atoms with Crippen LogP contribution in [-0.2, 0) is 5.92 Å². The third kappa shape index (κ3) is 2.24. The molecule has 0 saturated carbocycles. The molecule has 0 nitrogen and oxygen atoms in total. The van der Waals surface area contributed by atoms with Gasteiger partial charge in [-0.1, -0.05) is 29.7 Å². The maximum atomic E-state index is 12.8. The second-order valence-corrected chi connectivity index (χ2v) is 3.05. The number of rotatable bonds is 2. The molecule has 0 radical (unpaired) electrons. The van der Waals surface area contributed by atoms with Crippen LogP contribution in [0.2, 0.25) is 0 Å². The molecule has 1 rings (SSSR count). The van der Waals surface area contributed by atoms with Crippen LogP contribution in [0, 0.1) is 0 Å². The summed E-state index contributed by atoms with van der Waals surface area (Å²) in [5, 5.41) is 0. The Morgan fingerprint density at radius 3 is 1.93 bits per heavy atom. The summed E-state index contributed by atoms with van der Waals surface area (Å²) in [5.74, 6) is -3.46. The van der Waals surface area contributed by atoms with Gasteiger partial charge in [0.05, 0.1) is 0 Å². The first kappa shape index (κ1) is 11.0. The number of alkyl halides is 2. The Morgan fingerprint density at radius 1 is 1.07 bits per heavy atom. The van der Waals surface area contributed by atoms with E-state index >= 15 is 0 Å². The first-order chi connectivity index (χ1) is 6.23. The minimum absolute atomic E-state index is 0.452. The van der Waals surface area contributed by atoms with E-state index in [1.165, 1.54) is 0 Å². The quantitative estimate of drug-likeness (QED) is 0.518. The number of benzene rings is 1. The largest absolute Gasteiger partial charge is 0.510 e. The summed E-state index contributed by atoms with van der Waals surface area (Å²) in [6.07, 6.45) is 0. The Bertz CT molecular complexity index is 292. The molecule has 1 aromatic rings. The van der Waals surface area contributed by atoms with E-state index in [4.69, 9.17) is 0 Å². The molecule has 0 aromatic heterocycles. The number of halogens is 5. The van der Waals surface area contributed by atoms with Gasteiger partial charge in [0.2, 0.25) is 0 Å². The molecule has 14 heavy (non-hydrogen) atoms. The predicted molar refractivity (Wildman–Crippen MR) is 44.7 cm³/mol. The molecule has 0 atom stereocenters. The molecule has 0 aliphatic carbocycles. The highest BCUT2D eigenvalue weighted by Crippen LogP contribution is 2.27. The van der Waals surface area contributed by atoms with E-state index in [2.05, 4.69) is 0 Å². The van der Waals surface area contributed by atoms with Crippen molar-refractivity contribution in [3.8, 4) is 0 Å². The van der Waals surface area contributed by atoms with Gasteiger partial charge in [-0.2, -0.15) is 0 Å². The molecule has 1 aromatic carbocycles. The van der Waals surface area contributed by atoms with Crippen LogP contribution in [0.25, 0.3) is 0 Å².